The molecule has 0 saturated carbocycles. The lowest BCUT2D eigenvalue weighted by Crippen LogP contribution is -2.38. The predicted octanol–water partition coefficient (Wildman–Crippen LogP) is 3.27. The minimum atomic E-state index is -0.424. The van der Waals surface area contributed by atoms with E-state index in [0.717, 1.165) is 5.56 Å². The van der Waals surface area contributed by atoms with Crippen LogP contribution in [0, 0.1) is 0 Å². The van der Waals surface area contributed by atoms with Gasteiger partial charge in [0.2, 0.25) is 5.88 Å². The van der Waals surface area contributed by atoms with Crippen molar-refractivity contribution in [1.29, 1.82) is 0 Å². The number of carbonyl (C=O) groups excluding carboxylic acids is 1. The van der Waals surface area contributed by atoms with Gasteiger partial charge in [0.25, 0.3) is 0 Å². The molecule has 0 fully saturated rings. The fraction of sp³-hybridized carbons (Fsp3) is 0.200. The molecule has 1 amide bonds. The van der Waals surface area contributed by atoms with Crippen molar-refractivity contribution in [2.45, 2.75) is 6.61 Å². The summed E-state index contributed by atoms with van der Waals surface area (Å²) in [5.41, 5.74) is 1.51. The zero-order valence-corrected chi connectivity index (χ0v) is 11.9. The maximum Gasteiger partial charge on any atom is 0.414 e. The van der Waals surface area contributed by atoms with E-state index in [1.807, 2.05) is 30.3 Å². The lowest BCUT2D eigenvalue weighted by atomic mass is 10.2. The minimum Gasteiger partial charge on any atom is -0.474 e. The molecule has 1 aromatic heterocycles. The van der Waals surface area contributed by atoms with Gasteiger partial charge >= 0.3 is 6.09 Å². The second-order valence-electron chi connectivity index (χ2n) is 4.50. The summed E-state index contributed by atoms with van der Waals surface area (Å²) in [5.74, 6) is 0.352. The van der Waals surface area contributed by atoms with Gasteiger partial charge < -0.3 is 9.47 Å². The fourth-order valence-electron chi connectivity index (χ4n) is 2.06. The van der Waals surface area contributed by atoms with Gasteiger partial charge in [-0.2, -0.15) is 4.98 Å². The molecule has 0 spiro atoms. The Labute approximate surface area is 127 Å². The maximum atomic E-state index is 12.2. The van der Waals surface area contributed by atoms with Crippen LogP contribution in [0.3, 0.4) is 0 Å². The zero-order valence-electron chi connectivity index (χ0n) is 11.2. The van der Waals surface area contributed by atoms with Gasteiger partial charge in [0, 0.05) is 0 Å². The normalized spacial score (nSPS) is 13.3. The zero-order chi connectivity index (χ0) is 14.7. The molecule has 1 aliphatic rings. The molecule has 0 bridgehead atoms. The second-order valence-corrected chi connectivity index (χ2v) is 4.89. The minimum absolute atomic E-state index is 0.230. The molecule has 0 saturated heterocycles. The van der Waals surface area contributed by atoms with Crippen molar-refractivity contribution >= 4 is 23.4 Å². The molecule has 108 valence electrons. The van der Waals surface area contributed by atoms with Crippen molar-refractivity contribution in [3.05, 3.63) is 53.2 Å². The molecule has 0 aliphatic carbocycles. The lowest BCUT2D eigenvalue weighted by Gasteiger charge is -2.27. The number of ether oxygens (including phenoxy) is 2. The van der Waals surface area contributed by atoms with Gasteiger partial charge in [0.05, 0.1) is 6.54 Å². The number of halogens is 1. The third-order valence-corrected chi connectivity index (χ3v) is 3.29. The number of amides is 1. The van der Waals surface area contributed by atoms with E-state index in [4.69, 9.17) is 21.1 Å². The van der Waals surface area contributed by atoms with Gasteiger partial charge in [-0.3, -0.25) is 4.90 Å². The molecule has 1 aromatic carbocycles. The van der Waals surface area contributed by atoms with Gasteiger partial charge in [0.1, 0.15) is 24.1 Å². The van der Waals surface area contributed by atoms with Gasteiger partial charge in [-0.05, 0) is 17.7 Å². The Bertz CT molecular complexity index is 649. The number of fused-ring (bicyclic) bond motifs is 1. The third-order valence-electron chi connectivity index (χ3n) is 3.08. The molecular weight excluding hydrogens is 292 g/mol. The highest BCUT2D eigenvalue weighted by Gasteiger charge is 2.26. The quantitative estimate of drug-likeness (QED) is 0.799. The average Bonchev–Trinajstić information content (AvgIpc) is 2.52. The molecule has 0 atom stereocenters. The monoisotopic (exact) mass is 304 g/mol. The molecule has 21 heavy (non-hydrogen) atoms. The first-order valence-corrected chi connectivity index (χ1v) is 6.89. The SMILES string of the molecule is O=C(OCc1ccccc1)N1CCOc2nc(Cl)ccc21. The Morgan fingerprint density at radius 3 is 2.90 bits per heavy atom. The largest absolute Gasteiger partial charge is 0.474 e. The van der Waals surface area contributed by atoms with Crippen LogP contribution < -0.4 is 9.64 Å². The van der Waals surface area contributed by atoms with Crippen LogP contribution in [0.25, 0.3) is 0 Å². The third kappa shape index (κ3) is 3.08. The van der Waals surface area contributed by atoms with E-state index in [2.05, 4.69) is 4.98 Å². The van der Waals surface area contributed by atoms with E-state index in [-0.39, 0.29) is 6.61 Å². The van der Waals surface area contributed by atoms with Crippen molar-refractivity contribution in [2.75, 3.05) is 18.1 Å². The Hall–Kier alpha value is -2.27. The first-order chi connectivity index (χ1) is 10.2. The van der Waals surface area contributed by atoms with Crippen molar-refractivity contribution in [3.63, 3.8) is 0 Å². The number of hydrogen-bond acceptors (Lipinski definition) is 4. The van der Waals surface area contributed by atoms with Crippen LogP contribution in [0.15, 0.2) is 42.5 Å². The first-order valence-electron chi connectivity index (χ1n) is 6.51. The van der Waals surface area contributed by atoms with Crippen molar-refractivity contribution < 1.29 is 14.3 Å². The van der Waals surface area contributed by atoms with Crippen LogP contribution in [0.2, 0.25) is 5.15 Å². The van der Waals surface area contributed by atoms with E-state index in [1.54, 1.807) is 12.1 Å². The molecule has 0 N–H and O–H groups in total. The summed E-state index contributed by atoms with van der Waals surface area (Å²) in [7, 11) is 0. The summed E-state index contributed by atoms with van der Waals surface area (Å²) in [4.78, 5) is 17.8. The lowest BCUT2D eigenvalue weighted by molar-refractivity contribution is 0.143. The topological polar surface area (TPSA) is 51.7 Å². The molecule has 2 aromatic rings. The number of carbonyl (C=O) groups is 1. The highest BCUT2D eigenvalue weighted by Crippen LogP contribution is 2.31. The second kappa shape index (κ2) is 6.01. The number of anilines is 1. The number of aromatic nitrogens is 1. The van der Waals surface area contributed by atoms with Crippen LogP contribution in [0.4, 0.5) is 10.5 Å². The van der Waals surface area contributed by atoms with Gasteiger partial charge in [-0.15, -0.1) is 0 Å². The summed E-state index contributed by atoms with van der Waals surface area (Å²) < 4.78 is 10.7. The van der Waals surface area contributed by atoms with Gasteiger partial charge in [-0.25, -0.2) is 4.79 Å². The van der Waals surface area contributed by atoms with Crippen LogP contribution in [-0.2, 0) is 11.3 Å². The highest BCUT2D eigenvalue weighted by atomic mass is 35.5. The number of pyridine rings is 1. The predicted molar refractivity (Wildman–Crippen MR) is 78.7 cm³/mol. The molecule has 0 radical (unpaired) electrons. The van der Waals surface area contributed by atoms with Gasteiger partial charge in [-0.1, -0.05) is 41.9 Å². The molecule has 2 heterocycles. The molecule has 5 nitrogen and oxygen atoms in total. The van der Waals surface area contributed by atoms with Gasteiger partial charge in [0.15, 0.2) is 0 Å². The average molecular weight is 305 g/mol. The summed E-state index contributed by atoms with van der Waals surface area (Å²) in [6.07, 6.45) is -0.424. The maximum absolute atomic E-state index is 12.2. The number of benzene rings is 1. The summed E-state index contributed by atoms with van der Waals surface area (Å²) >= 11 is 5.82. The Morgan fingerprint density at radius 1 is 1.29 bits per heavy atom. The number of hydrogen-bond donors (Lipinski definition) is 0. The molecule has 1 aliphatic heterocycles. The molecule has 6 heteroatoms. The summed E-state index contributed by atoms with van der Waals surface area (Å²) in [6.45, 7) is 1.01. The van der Waals surface area contributed by atoms with Crippen molar-refractivity contribution in [2.24, 2.45) is 0 Å². The highest BCUT2D eigenvalue weighted by molar-refractivity contribution is 6.29. The summed E-state index contributed by atoms with van der Waals surface area (Å²) in [6, 6.07) is 12.8. The Morgan fingerprint density at radius 2 is 2.10 bits per heavy atom. The van der Waals surface area contributed by atoms with Crippen LogP contribution in [0.1, 0.15) is 5.56 Å². The molecular formula is C15H13ClN2O3. The Balaban J connectivity index is 1.71. The number of nitrogens with zero attached hydrogens (tertiary/aromatic N) is 2. The fourth-order valence-corrected chi connectivity index (χ4v) is 2.20. The van der Waals surface area contributed by atoms with E-state index in [0.29, 0.717) is 29.9 Å². The van der Waals surface area contributed by atoms with Crippen LogP contribution in [-0.4, -0.2) is 24.2 Å². The Kier molecular flexibility index (Phi) is 3.92. The number of rotatable bonds is 2. The standard InChI is InChI=1S/C15H13ClN2O3/c16-13-7-6-12-14(17-13)20-9-8-18(12)15(19)21-10-11-4-2-1-3-5-11/h1-7H,8-10H2. The van der Waals surface area contributed by atoms with Crippen LogP contribution >= 0.6 is 11.6 Å². The van der Waals surface area contributed by atoms with E-state index in [9.17, 15) is 4.79 Å². The molecule has 0 unspecified atom stereocenters. The van der Waals surface area contributed by atoms with E-state index >= 15 is 0 Å². The van der Waals surface area contributed by atoms with Crippen molar-refractivity contribution in [1.82, 2.24) is 4.98 Å². The summed E-state index contributed by atoms with van der Waals surface area (Å²) in [5, 5.41) is 0.327. The molecule has 3 rings (SSSR count). The van der Waals surface area contributed by atoms with E-state index < -0.39 is 6.09 Å². The first kappa shape index (κ1) is 13.7. The van der Waals surface area contributed by atoms with Crippen molar-refractivity contribution in [3.8, 4) is 5.88 Å². The smallest absolute Gasteiger partial charge is 0.414 e. The van der Waals surface area contributed by atoms with E-state index in [1.165, 1.54) is 4.90 Å². The van der Waals surface area contributed by atoms with Crippen LogP contribution in [0.5, 0.6) is 5.88 Å².